The molecule has 0 aliphatic heterocycles. The Labute approximate surface area is 109 Å². The lowest BCUT2D eigenvalue weighted by Gasteiger charge is -2.40. The second-order valence-corrected chi connectivity index (χ2v) is 4.86. The van der Waals surface area contributed by atoms with Crippen molar-refractivity contribution in [3.8, 4) is 0 Å². The number of rotatable bonds is 9. The Morgan fingerprint density at radius 1 is 1.56 bits per heavy atom. The van der Waals surface area contributed by atoms with Crippen molar-refractivity contribution in [1.29, 1.82) is 0 Å². The minimum atomic E-state index is -0.126. The average molecular weight is 258 g/mol. The maximum absolute atomic E-state index is 12.0. The van der Waals surface area contributed by atoms with Crippen LogP contribution in [-0.2, 0) is 9.53 Å². The minimum absolute atomic E-state index is 0.0527. The van der Waals surface area contributed by atoms with E-state index in [9.17, 15) is 4.79 Å². The minimum Gasteiger partial charge on any atom is -0.396 e. The summed E-state index contributed by atoms with van der Waals surface area (Å²) in [5, 5.41) is 11.8. The van der Waals surface area contributed by atoms with Gasteiger partial charge in [-0.1, -0.05) is 6.42 Å². The molecule has 5 heteroatoms. The fourth-order valence-electron chi connectivity index (χ4n) is 2.24. The summed E-state index contributed by atoms with van der Waals surface area (Å²) in [6, 6.07) is 0.387. The molecule has 0 aromatic heterocycles. The number of ether oxygens (including phenoxy) is 1. The molecule has 0 bridgehead atoms. The maximum atomic E-state index is 12.0. The highest BCUT2D eigenvalue weighted by Crippen LogP contribution is 2.26. The predicted octanol–water partition coefficient (Wildman–Crippen LogP) is 0.374. The average Bonchev–Trinajstić information content (AvgIpc) is 2.31. The quantitative estimate of drug-likeness (QED) is 0.587. The Hall–Kier alpha value is -0.650. The smallest absolute Gasteiger partial charge is 0.237 e. The first kappa shape index (κ1) is 15.4. The van der Waals surface area contributed by atoms with E-state index in [-0.39, 0.29) is 18.6 Å². The summed E-state index contributed by atoms with van der Waals surface area (Å²) in [4.78, 5) is 14.2. The zero-order chi connectivity index (χ0) is 13.4. The van der Waals surface area contributed by atoms with Crippen molar-refractivity contribution < 1.29 is 14.6 Å². The first-order valence-corrected chi connectivity index (χ1v) is 6.84. The van der Waals surface area contributed by atoms with Gasteiger partial charge in [-0.05, 0) is 26.2 Å². The van der Waals surface area contributed by atoms with Gasteiger partial charge in [0.1, 0.15) is 0 Å². The fourth-order valence-corrected chi connectivity index (χ4v) is 2.24. The van der Waals surface area contributed by atoms with E-state index in [0.717, 1.165) is 13.0 Å². The van der Waals surface area contributed by atoms with E-state index in [1.54, 1.807) is 7.11 Å². The number of nitrogens with one attached hydrogen (secondary N) is 1. The van der Waals surface area contributed by atoms with Crippen molar-refractivity contribution in [2.24, 2.45) is 0 Å². The van der Waals surface area contributed by atoms with E-state index >= 15 is 0 Å². The second kappa shape index (κ2) is 8.45. The summed E-state index contributed by atoms with van der Waals surface area (Å²) in [6.45, 7) is 4.01. The van der Waals surface area contributed by atoms with Crippen LogP contribution in [0.4, 0.5) is 0 Å². The molecule has 0 saturated heterocycles. The lowest BCUT2D eigenvalue weighted by molar-refractivity contribution is -0.127. The molecule has 1 rings (SSSR count). The largest absolute Gasteiger partial charge is 0.396 e. The van der Waals surface area contributed by atoms with E-state index in [1.165, 1.54) is 19.3 Å². The Morgan fingerprint density at radius 2 is 2.28 bits per heavy atom. The van der Waals surface area contributed by atoms with E-state index in [4.69, 9.17) is 9.84 Å². The number of amides is 1. The van der Waals surface area contributed by atoms with Crippen molar-refractivity contribution in [3.63, 3.8) is 0 Å². The van der Waals surface area contributed by atoms with Crippen LogP contribution in [0.2, 0.25) is 0 Å². The Morgan fingerprint density at radius 3 is 2.78 bits per heavy atom. The molecule has 1 saturated carbocycles. The van der Waals surface area contributed by atoms with Crippen molar-refractivity contribution in [2.75, 3.05) is 33.4 Å². The molecule has 1 atom stereocenters. The topological polar surface area (TPSA) is 61.8 Å². The van der Waals surface area contributed by atoms with Crippen molar-refractivity contribution in [3.05, 3.63) is 0 Å². The van der Waals surface area contributed by atoms with Crippen LogP contribution >= 0.6 is 0 Å². The van der Waals surface area contributed by atoms with E-state index < -0.39 is 0 Å². The van der Waals surface area contributed by atoms with Gasteiger partial charge in [-0.25, -0.2) is 0 Å². The first-order valence-electron chi connectivity index (χ1n) is 6.84. The number of aliphatic hydroxyl groups is 1. The molecule has 106 valence electrons. The highest BCUT2D eigenvalue weighted by atomic mass is 16.5. The van der Waals surface area contributed by atoms with Crippen LogP contribution in [0.5, 0.6) is 0 Å². The molecule has 0 aromatic rings. The zero-order valence-electron chi connectivity index (χ0n) is 11.5. The lowest BCUT2D eigenvalue weighted by Crippen LogP contribution is -2.52. The molecule has 1 amide bonds. The molecule has 0 aromatic carbocycles. The Kier molecular flexibility index (Phi) is 7.23. The molecule has 2 N–H and O–H groups in total. The summed E-state index contributed by atoms with van der Waals surface area (Å²) in [6.07, 6.45) is 4.31. The molecule has 1 aliphatic rings. The van der Waals surface area contributed by atoms with E-state index in [1.807, 2.05) is 6.92 Å². The molecule has 0 radical (unpaired) electrons. The van der Waals surface area contributed by atoms with Gasteiger partial charge < -0.3 is 15.2 Å². The molecule has 0 spiro atoms. The monoisotopic (exact) mass is 258 g/mol. The number of aliphatic hydroxyl groups excluding tert-OH is 1. The highest BCUT2D eigenvalue weighted by molar-refractivity contribution is 5.81. The van der Waals surface area contributed by atoms with Crippen molar-refractivity contribution in [1.82, 2.24) is 10.2 Å². The molecule has 1 aliphatic carbocycles. The number of methoxy groups -OCH3 is 1. The standard InChI is InChI=1S/C13H26N2O3/c1-11(13(17)14-7-10-18-2)15(8-4-9-16)12-5-3-6-12/h11-12,16H,3-10H2,1-2H3,(H,14,17). The molecular weight excluding hydrogens is 232 g/mol. The third-order valence-electron chi connectivity index (χ3n) is 3.60. The van der Waals surface area contributed by atoms with Gasteiger partial charge in [-0.2, -0.15) is 0 Å². The summed E-state index contributed by atoms with van der Waals surface area (Å²) < 4.78 is 4.92. The highest BCUT2D eigenvalue weighted by Gasteiger charge is 2.31. The fraction of sp³-hybridized carbons (Fsp3) is 0.923. The summed E-state index contributed by atoms with van der Waals surface area (Å²) in [5.74, 6) is 0.0527. The number of hydrogen-bond acceptors (Lipinski definition) is 4. The van der Waals surface area contributed by atoms with Gasteiger partial charge >= 0.3 is 0 Å². The van der Waals surface area contributed by atoms with Crippen LogP contribution in [-0.4, -0.2) is 61.4 Å². The predicted molar refractivity (Wildman–Crippen MR) is 70.4 cm³/mol. The van der Waals surface area contributed by atoms with Gasteiger partial charge in [-0.3, -0.25) is 9.69 Å². The van der Waals surface area contributed by atoms with Crippen molar-refractivity contribution >= 4 is 5.91 Å². The number of carbonyl (C=O) groups excluding carboxylic acids is 1. The summed E-state index contributed by atoms with van der Waals surface area (Å²) in [7, 11) is 1.62. The van der Waals surface area contributed by atoms with Crippen LogP contribution in [0.1, 0.15) is 32.6 Å². The second-order valence-electron chi connectivity index (χ2n) is 4.86. The molecule has 1 fully saturated rings. The van der Waals surface area contributed by atoms with Gasteiger partial charge in [0.05, 0.1) is 12.6 Å². The number of hydrogen-bond donors (Lipinski definition) is 2. The van der Waals surface area contributed by atoms with Gasteiger partial charge in [0, 0.05) is 32.8 Å². The van der Waals surface area contributed by atoms with E-state index in [0.29, 0.717) is 19.2 Å². The zero-order valence-corrected chi connectivity index (χ0v) is 11.5. The molecule has 0 heterocycles. The normalized spacial score (nSPS) is 17.6. The maximum Gasteiger partial charge on any atom is 0.237 e. The first-order chi connectivity index (χ1) is 8.70. The summed E-state index contributed by atoms with van der Waals surface area (Å²) >= 11 is 0. The summed E-state index contributed by atoms with van der Waals surface area (Å²) in [5.41, 5.74) is 0. The van der Waals surface area contributed by atoms with Crippen LogP contribution in [0, 0.1) is 0 Å². The number of nitrogens with zero attached hydrogens (tertiary/aromatic N) is 1. The van der Waals surface area contributed by atoms with Crippen molar-refractivity contribution in [2.45, 2.75) is 44.7 Å². The lowest BCUT2D eigenvalue weighted by atomic mass is 9.90. The number of carbonyl (C=O) groups is 1. The molecule has 5 nitrogen and oxygen atoms in total. The SMILES string of the molecule is COCCNC(=O)C(C)N(CCCO)C1CCC1. The molecule has 18 heavy (non-hydrogen) atoms. The van der Waals surface area contributed by atoms with Gasteiger partial charge in [0.2, 0.25) is 5.91 Å². The van der Waals surface area contributed by atoms with Gasteiger partial charge in [-0.15, -0.1) is 0 Å². The molecular formula is C13H26N2O3. The van der Waals surface area contributed by atoms with Crippen LogP contribution in [0.25, 0.3) is 0 Å². The third kappa shape index (κ3) is 4.55. The van der Waals surface area contributed by atoms with Crippen LogP contribution in [0.3, 0.4) is 0 Å². The van der Waals surface area contributed by atoms with Crippen LogP contribution < -0.4 is 5.32 Å². The van der Waals surface area contributed by atoms with Crippen LogP contribution in [0.15, 0.2) is 0 Å². The third-order valence-corrected chi connectivity index (χ3v) is 3.60. The van der Waals surface area contributed by atoms with Gasteiger partial charge in [0.25, 0.3) is 0 Å². The Bertz CT molecular complexity index is 244. The van der Waals surface area contributed by atoms with Gasteiger partial charge in [0.15, 0.2) is 0 Å². The Balaban J connectivity index is 2.41. The molecule has 1 unspecified atom stereocenters. The van der Waals surface area contributed by atoms with E-state index in [2.05, 4.69) is 10.2 Å².